The van der Waals surface area contributed by atoms with Crippen molar-refractivity contribution in [1.82, 2.24) is 34.5 Å². The molecule has 0 aliphatic carbocycles. The quantitative estimate of drug-likeness (QED) is 0.149. The van der Waals surface area contributed by atoms with Crippen LogP contribution in [0.5, 0.6) is 0 Å². The first-order valence-corrected chi connectivity index (χ1v) is 21.7. The highest BCUT2D eigenvalue weighted by Crippen LogP contribution is 2.41. The molecule has 0 N–H and O–H groups in total. The summed E-state index contributed by atoms with van der Waals surface area (Å²) in [6, 6.07) is 69.2. The Kier molecular flexibility index (Phi) is 8.39. The maximum absolute atomic E-state index is 5.39. The van der Waals surface area contributed by atoms with Gasteiger partial charge in [-0.05, 0) is 77.5 Å². The Morgan fingerprint density at radius 3 is 1.25 bits per heavy atom. The number of rotatable bonds is 7. The molecule has 0 bridgehead atoms. The van der Waals surface area contributed by atoms with Crippen LogP contribution < -0.4 is 0 Å². The summed E-state index contributed by atoms with van der Waals surface area (Å²) in [4.78, 5) is 31.1. The zero-order chi connectivity index (χ0) is 42.8. The monoisotopic (exact) mass is 829 g/mol. The van der Waals surface area contributed by atoms with Crippen LogP contribution in [-0.4, -0.2) is 34.5 Å². The van der Waals surface area contributed by atoms with Gasteiger partial charge in [0, 0.05) is 73.0 Å². The fourth-order valence-corrected chi connectivity index (χ4v) is 9.37. The second-order valence-electron chi connectivity index (χ2n) is 16.3. The highest BCUT2D eigenvalue weighted by atomic mass is 15.0. The van der Waals surface area contributed by atoms with Crippen molar-refractivity contribution in [3.05, 3.63) is 213 Å². The van der Waals surface area contributed by atoms with E-state index in [9.17, 15) is 0 Å². The Balaban J connectivity index is 1.04. The molecule has 0 amide bonds. The van der Waals surface area contributed by atoms with Gasteiger partial charge in [-0.15, -0.1) is 0 Å². The Hall–Kier alpha value is -8.94. The number of hydrogen-bond acceptors (Lipinski definition) is 6. The summed E-state index contributed by atoms with van der Waals surface area (Å²) in [5.41, 5.74) is 13.9. The number of nitrogens with zero attached hydrogens (tertiary/aromatic N) is 7. The van der Waals surface area contributed by atoms with Crippen LogP contribution >= 0.6 is 0 Å². The highest BCUT2D eigenvalue weighted by molar-refractivity contribution is 6.24. The molecule has 0 atom stereocenters. The lowest BCUT2D eigenvalue weighted by molar-refractivity contribution is 1.16. The van der Waals surface area contributed by atoms with E-state index in [0.717, 1.165) is 94.7 Å². The molecular weight excluding hydrogens is 795 g/mol. The third-order valence-corrected chi connectivity index (χ3v) is 12.4. The predicted molar refractivity (Wildman–Crippen MR) is 264 cm³/mol. The van der Waals surface area contributed by atoms with E-state index in [1.807, 2.05) is 73.1 Å². The molecule has 5 heterocycles. The Bertz CT molecular complexity index is 3670. The lowest BCUT2D eigenvalue weighted by Gasteiger charge is -2.15. The molecule has 0 saturated carbocycles. The topological polar surface area (TPSA) is 82.3 Å². The van der Waals surface area contributed by atoms with Crippen LogP contribution in [0.2, 0.25) is 0 Å². The molecule has 7 nitrogen and oxygen atoms in total. The fraction of sp³-hybridized carbons (Fsp3) is 0. The Morgan fingerprint density at radius 1 is 0.323 bits per heavy atom. The number of benzene rings is 8. The van der Waals surface area contributed by atoms with Crippen molar-refractivity contribution in [3.8, 4) is 73.5 Å². The summed E-state index contributed by atoms with van der Waals surface area (Å²) in [6.07, 6.45) is 3.83. The van der Waals surface area contributed by atoms with Crippen LogP contribution in [0.3, 0.4) is 0 Å². The molecule has 13 aromatic rings. The van der Waals surface area contributed by atoms with Crippen molar-refractivity contribution in [3.63, 3.8) is 0 Å². The molecule has 0 saturated heterocycles. The number of pyridine rings is 2. The van der Waals surface area contributed by atoms with Gasteiger partial charge >= 0.3 is 0 Å². The standard InChI is InChI=1S/C58H35N7/c1-3-13-36(14-4-1)47-29-27-40(34-59-47)55-45-19-7-9-21-49(45)61-57(63-55)42-31-43(33-44(32-42)65-51-23-11-17-38-25-26-39-18-12-24-52(65)54(39)53(38)51)58-62-50-22-10-8-20-46(50)56(64-58)41-28-30-48(60-35-41)37-15-5-2-6-16-37/h1-35H. The van der Waals surface area contributed by atoms with Crippen molar-refractivity contribution >= 4 is 54.4 Å². The van der Waals surface area contributed by atoms with Crippen LogP contribution in [-0.2, 0) is 0 Å². The average Bonchev–Trinajstić information content (AvgIpc) is 3.73. The molecule has 0 fully saturated rings. The van der Waals surface area contributed by atoms with Gasteiger partial charge in [0.2, 0.25) is 0 Å². The Morgan fingerprint density at radius 2 is 0.785 bits per heavy atom. The van der Waals surface area contributed by atoms with Gasteiger partial charge < -0.3 is 4.57 Å². The number of hydrogen-bond donors (Lipinski definition) is 0. The first-order chi connectivity index (χ1) is 32.2. The van der Waals surface area contributed by atoms with Gasteiger partial charge in [-0.25, -0.2) is 19.9 Å². The predicted octanol–water partition coefficient (Wildman–Crippen LogP) is 14.1. The lowest BCUT2D eigenvalue weighted by Crippen LogP contribution is -2.01. The maximum Gasteiger partial charge on any atom is 0.160 e. The molecule has 0 aliphatic rings. The summed E-state index contributed by atoms with van der Waals surface area (Å²) < 4.78 is 2.36. The lowest BCUT2D eigenvalue weighted by atomic mass is 10.0. The van der Waals surface area contributed by atoms with Gasteiger partial charge in [0.15, 0.2) is 11.6 Å². The van der Waals surface area contributed by atoms with Gasteiger partial charge in [0.1, 0.15) is 0 Å². The van der Waals surface area contributed by atoms with Gasteiger partial charge in [-0.1, -0.05) is 133 Å². The molecule has 65 heavy (non-hydrogen) atoms. The van der Waals surface area contributed by atoms with E-state index in [4.69, 9.17) is 29.9 Å². The molecular formula is C58H35N7. The van der Waals surface area contributed by atoms with Gasteiger partial charge in [0.05, 0.1) is 44.8 Å². The van der Waals surface area contributed by atoms with Crippen molar-refractivity contribution in [1.29, 1.82) is 0 Å². The van der Waals surface area contributed by atoms with Crippen molar-refractivity contribution < 1.29 is 0 Å². The van der Waals surface area contributed by atoms with Gasteiger partial charge in [-0.2, -0.15) is 0 Å². The highest BCUT2D eigenvalue weighted by Gasteiger charge is 2.21. The molecule has 5 aromatic heterocycles. The second kappa shape index (κ2) is 14.9. The molecule has 7 heteroatoms. The molecule has 8 aromatic carbocycles. The van der Waals surface area contributed by atoms with E-state index in [2.05, 4.69) is 144 Å². The number of fused-ring (bicyclic) bond motifs is 2. The molecule has 0 aliphatic heterocycles. The third-order valence-electron chi connectivity index (χ3n) is 12.4. The zero-order valence-corrected chi connectivity index (χ0v) is 34.8. The van der Waals surface area contributed by atoms with Crippen LogP contribution in [0.4, 0.5) is 0 Å². The molecule has 13 rings (SSSR count). The first kappa shape index (κ1) is 36.7. The van der Waals surface area contributed by atoms with Crippen molar-refractivity contribution in [2.75, 3.05) is 0 Å². The summed E-state index contributed by atoms with van der Waals surface area (Å²) in [7, 11) is 0. The van der Waals surface area contributed by atoms with Gasteiger partial charge in [-0.3, -0.25) is 9.97 Å². The van der Waals surface area contributed by atoms with Crippen molar-refractivity contribution in [2.45, 2.75) is 0 Å². The second-order valence-corrected chi connectivity index (χ2v) is 16.3. The van der Waals surface area contributed by atoms with E-state index in [0.29, 0.717) is 11.6 Å². The van der Waals surface area contributed by atoms with Crippen LogP contribution in [0, 0.1) is 0 Å². The van der Waals surface area contributed by atoms with E-state index < -0.39 is 0 Å². The van der Waals surface area contributed by atoms with Crippen molar-refractivity contribution in [2.24, 2.45) is 0 Å². The molecule has 0 radical (unpaired) electrons. The van der Waals surface area contributed by atoms with Crippen LogP contribution in [0.1, 0.15) is 0 Å². The zero-order valence-electron chi connectivity index (χ0n) is 34.8. The number of aromatic nitrogens is 7. The van der Waals surface area contributed by atoms with Crippen LogP contribution in [0.25, 0.3) is 128 Å². The third kappa shape index (κ3) is 6.20. The average molecular weight is 830 g/mol. The summed E-state index contributed by atoms with van der Waals surface area (Å²) in [5, 5.41) is 6.77. The summed E-state index contributed by atoms with van der Waals surface area (Å²) >= 11 is 0. The Labute approximate surface area is 373 Å². The van der Waals surface area contributed by atoms with Gasteiger partial charge in [0.25, 0.3) is 0 Å². The normalized spacial score (nSPS) is 11.7. The smallest absolute Gasteiger partial charge is 0.160 e. The van der Waals surface area contributed by atoms with E-state index >= 15 is 0 Å². The largest absolute Gasteiger partial charge is 0.309 e. The van der Waals surface area contributed by atoms with E-state index in [1.54, 1.807) is 0 Å². The SMILES string of the molecule is c1ccc(-c2ccc(-c3nc(-c4cc(-c5nc(-c6ccc(-c7ccccc7)nc6)c6ccccc6n5)cc(-n5c6cccc7ccc8cccc5c8c76)c4)nc4ccccc34)cn2)cc1. The minimum Gasteiger partial charge on any atom is -0.309 e. The summed E-state index contributed by atoms with van der Waals surface area (Å²) in [6.45, 7) is 0. The van der Waals surface area contributed by atoms with Crippen LogP contribution in [0.15, 0.2) is 213 Å². The van der Waals surface area contributed by atoms with E-state index in [1.165, 1.54) is 21.5 Å². The minimum absolute atomic E-state index is 0.587. The maximum atomic E-state index is 5.39. The summed E-state index contributed by atoms with van der Waals surface area (Å²) in [5.74, 6) is 1.17. The fourth-order valence-electron chi connectivity index (χ4n) is 9.37. The molecule has 302 valence electrons. The van der Waals surface area contributed by atoms with E-state index in [-0.39, 0.29) is 0 Å². The minimum atomic E-state index is 0.587. The number of para-hydroxylation sites is 2. The first-order valence-electron chi connectivity index (χ1n) is 21.7. The molecule has 0 unspecified atom stereocenters. The molecule has 0 spiro atoms.